The monoisotopic (exact) mass is 248 g/mol. The fraction of sp³-hybridized carbons (Fsp3) is 0.867. The van der Waals surface area contributed by atoms with E-state index < -0.39 is 11.4 Å². The highest BCUT2D eigenvalue weighted by Gasteiger charge is 2.92. The zero-order chi connectivity index (χ0) is 13.1. The van der Waals surface area contributed by atoms with Crippen LogP contribution in [-0.2, 0) is 9.59 Å². The predicted octanol–water partition coefficient (Wildman–Crippen LogP) is 2.35. The van der Waals surface area contributed by atoms with E-state index in [0.29, 0.717) is 30.0 Å². The number of aliphatic carboxylic acids is 1. The van der Waals surface area contributed by atoms with E-state index in [4.69, 9.17) is 0 Å². The van der Waals surface area contributed by atoms with Crippen LogP contribution in [0.3, 0.4) is 0 Å². The molecule has 3 heteroatoms. The van der Waals surface area contributed by atoms with E-state index in [1.165, 1.54) is 0 Å². The topological polar surface area (TPSA) is 54.4 Å². The average molecular weight is 248 g/mol. The van der Waals surface area contributed by atoms with Crippen LogP contribution >= 0.6 is 0 Å². The van der Waals surface area contributed by atoms with E-state index in [-0.39, 0.29) is 16.7 Å². The molecule has 0 aliphatic heterocycles. The zero-order valence-corrected chi connectivity index (χ0v) is 11.2. The Kier molecular flexibility index (Phi) is 1.56. The highest BCUT2D eigenvalue weighted by Crippen LogP contribution is 2.91. The Balaban J connectivity index is 1.92. The Morgan fingerprint density at radius 2 is 1.89 bits per heavy atom. The molecule has 0 spiro atoms. The number of Topliss-reactive ketones (excluding diaryl/α,β-unsaturated/α-hetero) is 1. The van der Waals surface area contributed by atoms with Crippen LogP contribution in [0.25, 0.3) is 0 Å². The van der Waals surface area contributed by atoms with Crippen LogP contribution in [0.15, 0.2) is 0 Å². The normalized spacial score (nSPS) is 58.5. The summed E-state index contributed by atoms with van der Waals surface area (Å²) in [6.45, 7) is 6.26. The highest BCUT2D eigenvalue weighted by atomic mass is 16.4. The van der Waals surface area contributed by atoms with Gasteiger partial charge in [0.15, 0.2) is 0 Å². The molecular weight excluding hydrogens is 228 g/mol. The van der Waals surface area contributed by atoms with E-state index in [1.54, 1.807) is 0 Å². The van der Waals surface area contributed by atoms with Gasteiger partial charge in [-0.3, -0.25) is 9.59 Å². The summed E-state index contributed by atoms with van der Waals surface area (Å²) in [6.07, 6.45) is 2.41. The van der Waals surface area contributed by atoms with E-state index in [9.17, 15) is 14.7 Å². The van der Waals surface area contributed by atoms with Crippen molar-refractivity contribution in [1.29, 1.82) is 0 Å². The second-order valence-electron chi connectivity index (χ2n) is 7.74. The molecule has 0 aromatic rings. The summed E-state index contributed by atoms with van der Waals surface area (Å²) in [4.78, 5) is 24.2. The number of carbonyl (C=O) groups excluding carboxylic acids is 1. The molecule has 3 nitrogen and oxygen atoms in total. The van der Waals surface area contributed by atoms with Crippen molar-refractivity contribution in [2.75, 3.05) is 0 Å². The van der Waals surface area contributed by atoms with Crippen LogP contribution in [0.5, 0.6) is 0 Å². The van der Waals surface area contributed by atoms with Gasteiger partial charge in [0.05, 0.1) is 5.41 Å². The molecule has 6 atom stereocenters. The molecule has 0 aromatic carbocycles. The fourth-order valence-corrected chi connectivity index (χ4v) is 6.56. The zero-order valence-electron chi connectivity index (χ0n) is 11.2. The quantitative estimate of drug-likeness (QED) is 0.775. The molecule has 5 aliphatic carbocycles. The van der Waals surface area contributed by atoms with Gasteiger partial charge >= 0.3 is 5.97 Å². The number of carboxylic acid groups (broad SMARTS) is 1. The fourth-order valence-electron chi connectivity index (χ4n) is 6.56. The lowest BCUT2D eigenvalue weighted by Crippen LogP contribution is -2.35. The Morgan fingerprint density at radius 1 is 1.22 bits per heavy atom. The molecule has 0 aromatic heterocycles. The smallest absolute Gasteiger partial charge is 0.310 e. The molecule has 18 heavy (non-hydrogen) atoms. The molecule has 5 saturated carbocycles. The lowest BCUT2D eigenvalue weighted by atomic mass is 9.69. The Bertz CT molecular complexity index is 494. The first kappa shape index (κ1) is 11.0. The molecular formula is C15H20O3. The lowest BCUT2D eigenvalue weighted by molar-refractivity contribution is -0.149. The summed E-state index contributed by atoms with van der Waals surface area (Å²) in [5, 5.41) is 9.77. The summed E-state index contributed by atoms with van der Waals surface area (Å²) in [5.74, 6) is 1.19. The van der Waals surface area contributed by atoms with Crippen LogP contribution in [-0.4, -0.2) is 16.9 Å². The summed E-state index contributed by atoms with van der Waals surface area (Å²) in [7, 11) is 0. The maximum absolute atomic E-state index is 12.3. The molecule has 0 heterocycles. The first-order valence-corrected chi connectivity index (χ1v) is 7.06. The van der Waals surface area contributed by atoms with E-state index in [0.717, 1.165) is 12.8 Å². The molecule has 5 rings (SSSR count). The van der Waals surface area contributed by atoms with Crippen LogP contribution in [0.1, 0.15) is 40.0 Å². The van der Waals surface area contributed by atoms with Gasteiger partial charge in [-0.05, 0) is 41.9 Å². The summed E-state index contributed by atoms with van der Waals surface area (Å²) in [5.41, 5.74) is -0.905. The van der Waals surface area contributed by atoms with E-state index in [1.807, 2.05) is 0 Å². The van der Waals surface area contributed by atoms with Gasteiger partial charge < -0.3 is 5.11 Å². The second-order valence-corrected chi connectivity index (χ2v) is 7.74. The highest BCUT2D eigenvalue weighted by molar-refractivity contribution is 5.89. The SMILES string of the molecule is CC1(C)C(=O)CCC2(C)C3CC4C(C31)[C@]42C(=O)O. The van der Waals surface area contributed by atoms with Crippen molar-refractivity contribution in [3.8, 4) is 0 Å². The van der Waals surface area contributed by atoms with Crippen molar-refractivity contribution >= 4 is 11.8 Å². The van der Waals surface area contributed by atoms with Crippen LogP contribution in [0, 0.1) is 39.9 Å². The van der Waals surface area contributed by atoms with Gasteiger partial charge in [-0.25, -0.2) is 0 Å². The molecule has 0 amide bonds. The molecule has 5 unspecified atom stereocenters. The molecule has 0 radical (unpaired) electrons. The largest absolute Gasteiger partial charge is 0.481 e. The third kappa shape index (κ3) is 0.736. The summed E-state index contributed by atoms with van der Waals surface area (Å²) >= 11 is 0. The van der Waals surface area contributed by atoms with Crippen LogP contribution in [0.4, 0.5) is 0 Å². The van der Waals surface area contributed by atoms with Gasteiger partial charge in [0.1, 0.15) is 5.78 Å². The van der Waals surface area contributed by atoms with Crippen molar-refractivity contribution in [1.82, 2.24) is 0 Å². The third-order valence-electron chi connectivity index (χ3n) is 7.30. The summed E-state index contributed by atoms with van der Waals surface area (Å²) < 4.78 is 0. The predicted molar refractivity (Wildman–Crippen MR) is 64.8 cm³/mol. The maximum atomic E-state index is 12.3. The van der Waals surface area contributed by atoms with Gasteiger partial charge in [0.2, 0.25) is 0 Å². The van der Waals surface area contributed by atoms with Gasteiger partial charge in [-0.2, -0.15) is 0 Å². The first-order valence-electron chi connectivity index (χ1n) is 7.06. The number of carbonyl (C=O) groups is 2. The first-order chi connectivity index (χ1) is 8.29. The lowest BCUT2D eigenvalue weighted by Gasteiger charge is -2.34. The average Bonchev–Trinajstić information content (AvgIpc) is 2.60. The molecule has 1 N–H and O–H groups in total. The number of hydrogen-bond donors (Lipinski definition) is 1. The van der Waals surface area contributed by atoms with E-state index >= 15 is 0 Å². The minimum Gasteiger partial charge on any atom is -0.481 e. The van der Waals surface area contributed by atoms with Crippen molar-refractivity contribution in [2.45, 2.75) is 40.0 Å². The number of carboxylic acids is 1. The van der Waals surface area contributed by atoms with Crippen molar-refractivity contribution in [3.63, 3.8) is 0 Å². The minimum atomic E-state index is -0.588. The standard InChI is InChI=1S/C15H20O3/c1-13(2)9(16)4-5-14(3)7-6-8-11(10(7)13)15(8,14)12(17)18/h7-8,10-11H,4-6H2,1-3H3,(H,17,18)/t7?,8?,10?,11?,14?,15-/m0/s1. The van der Waals surface area contributed by atoms with Crippen molar-refractivity contribution in [3.05, 3.63) is 0 Å². The molecule has 98 valence electrons. The molecule has 0 saturated heterocycles. The molecule has 5 aliphatic rings. The third-order valence-corrected chi connectivity index (χ3v) is 7.30. The molecule has 5 fully saturated rings. The van der Waals surface area contributed by atoms with E-state index in [2.05, 4.69) is 20.8 Å². The van der Waals surface area contributed by atoms with Gasteiger partial charge in [-0.15, -0.1) is 0 Å². The number of hydrogen-bond acceptors (Lipinski definition) is 2. The number of ketones is 1. The minimum absolute atomic E-state index is 0.123. The second kappa shape index (κ2) is 2.54. The summed E-state index contributed by atoms with van der Waals surface area (Å²) in [6, 6.07) is 0. The van der Waals surface area contributed by atoms with Gasteiger partial charge in [0, 0.05) is 11.8 Å². The maximum Gasteiger partial charge on any atom is 0.310 e. The van der Waals surface area contributed by atoms with Gasteiger partial charge in [-0.1, -0.05) is 20.8 Å². The Labute approximate surface area is 107 Å². The Morgan fingerprint density at radius 3 is 2.50 bits per heavy atom. The number of rotatable bonds is 1. The van der Waals surface area contributed by atoms with Crippen LogP contribution in [0.2, 0.25) is 0 Å². The molecule has 6 bridgehead atoms. The van der Waals surface area contributed by atoms with Gasteiger partial charge in [0.25, 0.3) is 0 Å². The van der Waals surface area contributed by atoms with Crippen molar-refractivity contribution < 1.29 is 14.7 Å². The van der Waals surface area contributed by atoms with Crippen molar-refractivity contribution in [2.24, 2.45) is 39.9 Å². The Hall–Kier alpha value is -0.860. The van der Waals surface area contributed by atoms with Crippen LogP contribution < -0.4 is 0 Å².